The monoisotopic (exact) mass is 684 g/mol. The van der Waals surface area contributed by atoms with Crippen LogP contribution in [0.5, 0.6) is 0 Å². The molecular weight excluding hydrogens is 623 g/mol. The van der Waals surface area contributed by atoms with Crippen molar-refractivity contribution in [2.75, 3.05) is 13.2 Å². The summed E-state index contributed by atoms with van der Waals surface area (Å²) in [5.41, 5.74) is 0. The quantitative estimate of drug-likeness (QED) is 0.0407. The lowest BCUT2D eigenvalue weighted by molar-refractivity contribution is -0.220. The highest BCUT2D eigenvalue weighted by atomic mass is 31.2. The van der Waals surface area contributed by atoms with Gasteiger partial charge in [0.1, 0.15) is 43.2 Å². The van der Waals surface area contributed by atoms with Crippen molar-refractivity contribution in [3.8, 4) is 0 Å². The lowest BCUT2D eigenvalue weighted by atomic mass is 9.85. The Labute approximate surface area is 274 Å². The molecular formula is C32H61O13P. The summed E-state index contributed by atoms with van der Waals surface area (Å²) < 4.78 is 33.0. The van der Waals surface area contributed by atoms with Crippen LogP contribution < -0.4 is 0 Å². The molecule has 272 valence electrons. The van der Waals surface area contributed by atoms with Gasteiger partial charge < -0.3 is 39.9 Å². The predicted molar refractivity (Wildman–Crippen MR) is 171 cm³/mol. The first-order chi connectivity index (χ1) is 21.9. The number of phosphoric acid groups is 1. The SMILES string of the molecule is CCCCCCCCCCCCCCC(=O)OC(COC(=O)CCCCCCC)COP(=O)(O)OC1C(O)C(O)C(O)C(O)C1O. The van der Waals surface area contributed by atoms with E-state index in [0.717, 1.165) is 51.4 Å². The second kappa shape index (κ2) is 24.9. The minimum absolute atomic E-state index is 0.102. The van der Waals surface area contributed by atoms with Crippen LogP contribution in [-0.4, -0.2) is 98.3 Å². The Morgan fingerprint density at radius 2 is 0.978 bits per heavy atom. The number of aliphatic hydroxyl groups excluding tert-OH is 5. The molecule has 1 aliphatic carbocycles. The van der Waals surface area contributed by atoms with Crippen molar-refractivity contribution in [1.82, 2.24) is 0 Å². The summed E-state index contributed by atoms with van der Waals surface area (Å²) in [6.45, 7) is 3.13. The van der Waals surface area contributed by atoms with Gasteiger partial charge in [-0.2, -0.15) is 0 Å². The smallest absolute Gasteiger partial charge is 0.462 e. The van der Waals surface area contributed by atoms with Gasteiger partial charge in [0.2, 0.25) is 0 Å². The molecule has 0 radical (unpaired) electrons. The molecule has 0 aromatic rings. The lowest BCUT2D eigenvalue weighted by Crippen LogP contribution is -2.64. The zero-order valence-electron chi connectivity index (χ0n) is 27.9. The normalized spacial score (nSPS) is 25.1. The Balaban J connectivity index is 2.56. The van der Waals surface area contributed by atoms with E-state index in [1.807, 2.05) is 0 Å². The number of hydrogen-bond donors (Lipinski definition) is 6. The molecule has 1 rings (SSSR count). The highest BCUT2D eigenvalue weighted by Crippen LogP contribution is 2.47. The summed E-state index contributed by atoms with van der Waals surface area (Å²) in [6, 6.07) is 0. The van der Waals surface area contributed by atoms with Crippen molar-refractivity contribution < 1.29 is 63.1 Å². The molecule has 1 saturated carbocycles. The summed E-state index contributed by atoms with van der Waals surface area (Å²) in [7, 11) is -5.09. The van der Waals surface area contributed by atoms with E-state index in [9.17, 15) is 44.6 Å². The zero-order valence-corrected chi connectivity index (χ0v) is 28.8. The Morgan fingerprint density at radius 1 is 0.587 bits per heavy atom. The van der Waals surface area contributed by atoms with Gasteiger partial charge in [-0.15, -0.1) is 0 Å². The number of hydrogen-bond acceptors (Lipinski definition) is 12. The van der Waals surface area contributed by atoms with Gasteiger partial charge in [0.05, 0.1) is 6.61 Å². The third-order valence-electron chi connectivity index (χ3n) is 8.20. The Kier molecular flexibility index (Phi) is 23.2. The molecule has 0 saturated heterocycles. The number of unbranched alkanes of at least 4 members (excludes halogenated alkanes) is 15. The largest absolute Gasteiger partial charge is 0.472 e. The molecule has 1 fully saturated rings. The fourth-order valence-corrected chi connectivity index (χ4v) is 6.26. The first-order valence-corrected chi connectivity index (χ1v) is 18.8. The summed E-state index contributed by atoms with van der Waals surface area (Å²) in [4.78, 5) is 35.0. The summed E-state index contributed by atoms with van der Waals surface area (Å²) >= 11 is 0. The third-order valence-corrected chi connectivity index (χ3v) is 9.18. The first-order valence-electron chi connectivity index (χ1n) is 17.3. The van der Waals surface area contributed by atoms with Gasteiger partial charge in [0.25, 0.3) is 0 Å². The second-order valence-corrected chi connectivity index (χ2v) is 13.8. The number of ether oxygens (including phenoxy) is 2. The van der Waals surface area contributed by atoms with Gasteiger partial charge in [-0.25, -0.2) is 4.57 Å². The molecule has 0 aromatic heterocycles. The van der Waals surface area contributed by atoms with Crippen LogP contribution in [-0.2, 0) is 32.7 Å². The van der Waals surface area contributed by atoms with Crippen molar-refractivity contribution >= 4 is 19.8 Å². The number of carbonyl (C=O) groups is 2. The van der Waals surface area contributed by atoms with Crippen molar-refractivity contribution in [2.45, 2.75) is 179 Å². The molecule has 1 aliphatic rings. The minimum Gasteiger partial charge on any atom is -0.462 e. The van der Waals surface area contributed by atoms with Crippen LogP contribution in [0.3, 0.4) is 0 Å². The predicted octanol–water partition coefficient (Wildman–Crippen LogP) is 4.21. The van der Waals surface area contributed by atoms with Crippen LogP contribution in [0.25, 0.3) is 0 Å². The standard InChI is InChI=1S/C32H61O13P/c1-3-5-7-9-10-11-12-13-14-15-17-19-21-26(34)44-24(22-42-25(33)20-18-16-8-6-4-2)23-43-46(40,41)45-32-30(38)28(36)27(35)29(37)31(32)39/h24,27-32,35-39H,3-23H2,1-2H3,(H,40,41). The van der Waals surface area contributed by atoms with Crippen molar-refractivity contribution in [2.24, 2.45) is 0 Å². The topological polar surface area (TPSA) is 210 Å². The minimum atomic E-state index is -5.09. The Bertz CT molecular complexity index is 844. The van der Waals surface area contributed by atoms with E-state index < -0.39 is 75.7 Å². The summed E-state index contributed by atoms with van der Waals surface area (Å²) in [6.07, 6.45) is 5.36. The second-order valence-electron chi connectivity index (χ2n) is 12.4. The molecule has 6 N–H and O–H groups in total. The number of esters is 2. The van der Waals surface area contributed by atoms with Crippen molar-refractivity contribution in [1.29, 1.82) is 0 Å². The van der Waals surface area contributed by atoms with Crippen molar-refractivity contribution in [3.63, 3.8) is 0 Å². The highest BCUT2D eigenvalue weighted by molar-refractivity contribution is 7.47. The molecule has 0 aliphatic heterocycles. The number of phosphoric ester groups is 1. The average Bonchev–Trinajstić information content (AvgIpc) is 3.03. The van der Waals surface area contributed by atoms with Crippen molar-refractivity contribution in [3.05, 3.63) is 0 Å². The van der Waals surface area contributed by atoms with E-state index in [0.29, 0.717) is 12.8 Å². The maximum Gasteiger partial charge on any atom is 0.472 e. The molecule has 6 atom stereocenters. The number of carbonyl (C=O) groups excluding carboxylic acids is 2. The van der Waals surface area contributed by atoms with E-state index in [-0.39, 0.29) is 12.8 Å². The van der Waals surface area contributed by atoms with E-state index in [1.54, 1.807) is 0 Å². The maximum atomic E-state index is 12.6. The summed E-state index contributed by atoms with van der Waals surface area (Å²) in [5, 5.41) is 49.6. The molecule has 0 aromatic carbocycles. The van der Waals surface area contributed by atoms with Gasteiger partial charge in [-0.1, -0.05) is 110 Å². The summed E-state index contributed by atoms with van der Waals surface area (Å²) in [5.74, 6) is -1.11. The average molecular weight is 685 g/mol. The van der Waals surface area contributed by atoms with Crippen LogP contribution in [0.1, 0.15) is 136 Å². The van der Waals surface area contributed by atoms with Crippen LogP contribution in [0.4, 0.5) is 0 Å². The van der Waals surface area contributed by atoms with Crippen LogP contribution in [0.15, 0.2) is 0 Å². The zero-order chi connectivity index (χ0) is 34.4. The Morgan fingerprint density at radius 3 is 1.43 bits per heavy atom. The maximum absolute atomic E-state index is 12.6. The van der Waals surface area contributed by atoms with Gasteiger partial charge in [0.15, 0.2) is 6.10 Å². The number of rotatable bonds is 27. The molecule has 0 amide bonds. The van der Waals surface area contributed by atoms with Crippen LogP contribution in [0, 0.1) is 0 Å². The van der Waals surface area contributed by atoms with Gasteiger partial charge in [0, 0.05) is 12.8 Å². The van der Waals surface area contributed by atoms with Gasteiger partial charge in [-0.3, -0.25) is 18.6 Å². The van der Waals surface area contributed by atoms with E-state index in [2.05, 4.69) is 13.8 Å². The molecule has 0 heterocycles. The third kappa shape index (κ3) is 18.4. The molecule has 0 bridgehead atoms. The molecule has 6 unspecified atom stereocenters. The lowest BCUT2D eigenvalue weighted by Gasteiger charge is -2.41. The molecule has 13 nitrogen and oxygen atoms in total. The fourth-order valence-electron chi connectivity index (χ4n) is 5.29. The molecule has 46 heavy (non-hydrogen) atoms. The van der Waals surface area contributed by atoms with E-state index >= 15 is 0 Å². The van der Waals surface area contributed by atoms with Gasteiger partial charge >= 0.3 is 19.8 Å². The number of aliphatic hydroxyl groups is 5. The van der Waals surface area contributed by atoms with Crippen LogP contribution in [0.2, 0.25) is 0 Å². The van der Waals surface area contributed by atoms with E-state index in [1.165, 1.54) is 44.9 Å². The van der Waals surface area contributed by atoms with Gasteiger partial charge in [-0.05, 0) is 12.8 Å². The van der Waals surface area contributed by atoms with Crippen LogP contribution >= 0.6 is 7.82 Å². The highest BCUT2D eigenvalue weighted by Gasteiger charge is 2.51. The fraction of sp³-hybridized carbons (Fsp3) is 0.938. The Hall–Kier alpha value is -1.15. The first kappa shape index (κ1) is 42.9. The molecule has 0 spiro atoms. The van der Waals surface area contributed by atoms with E-state index in [4.69, 9.17) is 18.5 Å². The molecule has 14 heteroatoms.